The minimum atomic E-state index is -0.690. The molecule has 0 bridgehead atoms. The number of H-pyrrole nitrogens is 1. The Morgan fingerprint density at radius 1 is 1.20 bits per heavy atom. The van der Waals surface area contributed by atoms with Crippen LogP contribution in [0.15, 0.2) is 18.2 Å². The maximum Gasteiger partial charge on any atom is 0.355 e. The van der Waals surface area contributed by atoms with Crippen molar-refractivity contribution in [1.29, 1.82) is 0 Å². The third-order valence-corrected chi connectivity index (χ3v) is 4.19. The van der Waals surface area contributed by atoms with Crippen molar-refractivity contribution in [3.8, 4) is 0 Å². The molecule has 7 heteroatoms. The van der Waals surface area contributed by atoms with Crippen molar-refractivity contribution in [2.24, 2.45) is 0 Å². The van der Waals surface area contributed by atoms with Crippen LogP contribution in [0.5, 0.6) is 0 Å². The number of nitrogens with one attached hydrogen (secondary N) is 2. The minimum Gasteiger partial charge on any atom is -0.451 e. The number of aromatic amines is 1. The van der Waals surface area contributed by atoms with Crippen LogP contribution < -0.4 is 5.32 Å². The third-order valence-electron chi connectivity index (χ3n) is 3.78. The maximum absolute atomic E-state index is 12.1. The van der Waals surface area contributed by atoms with Crippen LogP contribution in [0.3, 0.4) is 0 Å². The van der Waals surface area contributed by atoms with Crippen LogP contribution in [-0.2, 0) is 9.53 Å². The Morgan fingerprint density at radius 2 is 1.88 bits per heavy atom. The summed E-state index contributed by atoms with van der Waals surface area (Å²) in [6, 6.07) is 5.10. The summed E-state index contributed by atoms with van der Waals surface area (Å²) < 4.78 is 5.02. The SMILES string of the molecule is CC(=O)c1c(C)[nH]c(C(=O)OCC(=O)Nc2ccc(C)c(Cl)c2)c1C. The largest absolute Gasteiger partial charge is 0.451 e. The quantitative estimate of drug-likeness (QED) is 0.628. The van der Waals surface area contributed by atoms with E-state index in [1.54, 1.807) is 32.0 Å². The van der Waals surface area contributed by atoms with Gasteiger partial charge in [0.25, 0.3) is 5.91 Å². The van der Waals surface area contributed by atoms with Gasteiger partial charge in [-0.2, -0.15) is 0 Å². The second kappa shape index (κ2) is 7.53. The Hall–Kier alpha value is -2.60. The first kappa shape index (κ1) is 18.7. The summed E-state index contributed by atoms with van der Waals surface area (Å²) in [5.41, 5.74) is 3.16. The third kappa shape index (κ3) is 4.28. The van der Waals surface area contributed by atoms with E-state index < -0.39 is 18.5 Å². The van der Waals surface area contributed by atoms with Crippen LogP contribution in [-0.4, -0.2) is 29.3 Å². The summed E-state index contributed by atoms with van der Waals surface area (Å²) in [6.45, 7) is 6.20. The van der Waals surface area contributed by atoms with Crippen LogP contribution in [0.25, 0.3) is 0 Å². The topological polar surface area (TPSA) is 88.3 Å². The lowest BCUT2D eigenvalue weighted by Gasteiger charge is -2.08. The van der Waals surface area contributed by atoms with Crippen molar-refractivity contribution in [3.63, 3.8) is 0 Å². The fourth-order valence-corrected chi connectivity index (χ4v) is 2.73. The zero-order valence-corrected chi connectivity index (χ0v) is 15.2. The number of hydrogen-bond donors (Lipinski definition) is 2. The molecule has 0 aliphatic carbocycles. The van der Waals surface area contributed by atoms with E-state index in [-0.39, 0.29) is 11.5 Å². The molecule has 0 unspecified atom stereocenters. The van der Waals surface area contributed by atoms with E-state index in [2.05, 4.69) is 10.3 Å². The van der Waals surface area contributed by atoms with Gasteiger partial charge in [-0.1, -0.05) is 17.7 Å². The van der Waals surface area contributed by atoms with Gasteiger partial charge in [0.2, 0.25) is 0 Å². The molecule has 0 radical (unpaired) electrons. The number of ether oxygens (including phenoxy) is 1. The number of anilines is 1. The fraction of sp³-hybridized carbons (Fsp3) is 0.278. The Bertz CT molecular complexity index is 855. The van der Waals surface area contributed by atoms with E-state index in [0.29, 0.717) is 27.5 Å². The van der Waals surface area contributed by atoms with Crippen molar-refractivity contribution >= 4 is 34.9 Å². The summed E-state index contributed by atoms with van der Waals surface area (Å²) in [7, 11) is 0. The predicted octanol–water partition coefficient (Wildman–Crippen LogP) is 3.59. The van der Waals surface area contributed by atoms with Gasteiger partial charge >= 0.3 is 5.97 Å². The average molecular weight is 363 g/mol. The lowest BCUT2D eigenvalue weighted by Crippen LogP contribution is -2.21. The molecule has 6 nitrogen and oxygen atoms in total. The zero-order chi connectivity index (χ0) is 18.7. The second-order valence-corrected chi connectivity index (χ2v) is 6.18. The molecule has 1 aromatic heterocycles. The number of aromatic nitrogens is 1. The monoisotopic (exact) mass is 362 g/mol. The summed E-state index contributed by atoms with van der Waals surface area (Å²) in [5, 5.41) is 3.13. The predicted molar refractivity (Wildman–Crippen MR) is 95.4 cm³/mol. The molecule has 132 valence electrons. The van der Waals surface area contributed by atoms with Crippen LogP contribution >= 0.6 is 11.6 Å². The number of esters is 1. The zero-order valence-electron chi connectivity index (χ0n) is 14.5. The van der Waals surface area contributed by atoms with Crippen LogP contribution in [0.1, 0.15) is 44.6 Å². The smallest absolute Gasteiger partial charge is 0.355 e. The van der Waals surface area contributed by atoms with E-state index in [9.17, 15) is 14.4 Å². The van der Waals surface area contributed by atoms with Crippen LogP contribution in [0, 0.1) is 20.8 Å². The number of benzene rings is 1. The molecule has 1 aromatic carbocycles. The molecule has 2 N–H and O–H groups in total. The van der Waals surface area contributed by atoms with Crippen molar-refractivity contribution in [3.05, 3.63) is 51.3 Å². The van der Waals surface area contributed by atoms with E-state index in [1.807, 2.05) is 6.92 Å². The molecular weight excluding hydrogens is 344 g/mol. The normalized spacial score (nSPS) is 10.4. The van der Waals surface area contributed by atoms with Gasteiger partial charge in [0.15, 0.2) is 12.4 Å². The number of hydrogen-bond acceptors (Lipinski definition) is 4. The summed E-state index contributed by atoms with van der Waals surface area (Å²) in [6.07, 6.45) is 0. The molecule has 0 saturated carbocycles. The van der Waals surface area contributed by atoms with E-state index in [1.165, 1.54) is 6.92 Å². The number of halogens is 1. The number of ketones is 1. The molecule has 2 rings (SSSR count). The lowest BCUT2D eigenvalue weighted by molar-refractivity contribution is -0.119. The average Bonchev–Trinajstić information content (AvgIpc) is 2.83. The first-order chi connectivity index (χ1) is 11.7. The number of Topliss-reactive ketones (excluding diaryl/α,β-unsaturated/α-hetero) is 1. The fourth-order valence-electron chi connectivity index (χ4n) is 2.55. The molecule has 0 atom stereocenters. The van der Waals surface area contributed by atoms with E-state index in [4.69, 9.17) is 16.3 Å². The molecular formula is C18H19ClN2O4. The highest BCUT2D eigenvalue weighted by Gasteiger charge is 2.21. The summed E-state index contributed by atoms with van der Waals surface area (Å²) >= 11 is 6.00. The van der Waals surface area contributed by atoms with Gasteiger partial charge in [-0.25, -0.2) is 4.79 Å². The summed E-state index contributed by atoms with van der Waals surface area (Å²) in [5.74, 6) is -1.31. The maximum atomic E-state index is 12.1. The molecule has 0 saturated heterocycles. The molecule has 0 aliphatic heterocycles. The Balaban J connectivity index is 2.00. The summed E-state index contributed by atoms with van der Waals surface area (Å²) in [4.78, 5) is 38.5. The van der Waals surface area contributed by atoms with Gasteiger partial charge in [-0.15, -0.1) is 0 Å². The number of carbonyl (C=O) groups is 3. The molecule has 25 heavy (non-hydrogen) atoms. The Kier molecular flexibility index (Phi) is 5.64. The molecule has 1 amide bonds. The number of amides is 1. The molecule has 0 aliphatic rings. The van der Waals surface area contributed by atoms with Gasteiger partial charge in [0.05, 0.1) is 0 Å². The highest BCUT2D eigenvalue weighted by Crippen LogP contribution is 2.20. The first-order valence-corrected chi connectivity index (χ1v) is 8.01. The number of aryl methyl sites for hydroxylation is 2. The van der Waals surface area contributed by atoms with E-state index >= 15 is 0 Å². The molecule has 2 aromatic rings. The van der Waals surface area contributed by atoms with Gasteiger partial charge in [0.1, 0.15) is 5.69 Å². The first-order valence-electron chi connectivity index (χ1n) is 7.64. The van der Waals surface area contributed by atoms with Gasteiger partial charge in [-0.3, -0.25) is 9.59 Å². The molecule has 0 spiro atoms. The van der Waals surface area contributed by atoms with E-state index in [0.717, 1.165) is 5.56 Å². The number of rotatable bonds is 5. The number of carbonyl (C=O) groups excluding carboxylic acids is 3. The lowest BCUT2D eigenvalue weighted by atomic mass is 10.1. The van der Waals surface area contributed by atoms with Gasteiger partial charge in [0, 0.05) is 22.0 Å². The molecule has 0 fully saturated rings. The minimum absolute atomic E-state index is 0.140. The Labute approximate surface area is 150 Å². The standard InChI is InChI=1S/C18H19ClN2O4/c1-9-5-6-13(7-14(9)19)21-15(23)8-25-18(24)17-10(2)16(12(4)22)11(3)20-17/h5-7,20H,8H2,1-4H3,(H,21,23). The van der Waals surface area contributed by atoms with Crippen molar-refractivity contribution in [2.45, 2.75) is 27.7 Å². The molecule has 1 heterocycles. The highest BCUT2D eigenvalue weighted by atomic mass is 35.5. The van der Waals surface area contributed by atoms with Crippen molar-refractivity contribution < 1.29 is 19.1 Å². The van der Waals surface area contributed by atoms with Gasteiger partial charge in [-0.05, 0) is 51.0 Å². The van der Waals surface area contributed by atoms with Gasteiger partial charge < -0.3 is 15.0 Å². The van der Waals surface area contributed by atoms with Crippen LogP contribution in [0.4, 0.5) is 5.69 Å². The van der Waals surface area contributed by atoms with Crippen LogP contribution in [0.2, 0.25) is 5.02 Å². The Morgan fingerprint density at radius 3 is 2.44 bits per heavy atom. The highest BCUT2D eigenvalue weighted by molar-refractivity contribution is 6.31. The second-order valence-electron chi connectivity index (χ2n) is 5.77. The van der Waals surface area contributed by atoms with Crippen molar-refractivity contribution in [2.75, 3.05) is 11.9 Å². The van der Waals surface area contributed by atoms with Crippen molar-refractivity contribution in [1.82, 2.24) is 4.98 Å².